The summed E-state index contributed by atoms with van der Waals surface area (Å²) in [5.41, 5.74) is 3.96. The Morgan fingerprint density at radius 2 is 1.63 bits per heavy atom. The van der Waals surface area contributed by atoms with E-state index in [1.807, 2.05) is 41.3 Å². The minimum Gasteiger partial charge on any atom is -0.327 e. The number of carbonyl (C=O) groups excluding carboxylic acids is 1. The fourth-order valence-electron chi connectivity index (χ4n) is 3.58. The van der Waals surface area contributed by atoms with Crippen LogP contribution in [-0.2, 0) is 6.42 Å². The Morgan fingerprint density at radius 3 is 2.37 bits per heavy atom. The van der Waals surface area contributed by atoms with E-state index in [-0.39, 0.29) is 11.9 Å². The molecular weight excluding hydrogens is 401 g/mol. The fraction of sp³-hybridized carbons (Fsp3) is 0.136. The molecule has 3 aromatic rings. The maximum Gasteiger partial charge on any atom is 0.254 e. The Hall–Kier alpha value is -2.00. The lowest BCUT2D eigenvalue weighted by Gasteiger charge is -2.38. The van der Waals surface area contributed by atoms with Crippen LogP contribution in [0.2, 0.25) is 15.1 Å². The van der Waals surface area contributed by atoms with E-state index in [2.05, 4.69) is 12.1 Å². The molecule has 0 bridgehead atoms. The lowest BCUT2D eigenvalue weighted by molar-refractivity contribution is 0.0694. The van der Waals surface area contributed by atoms with Crippen molar-refractivity contribution in [1.29, 1.82) is 0 Å². The molecule has 1 aliphatic heterocycles. The van der Waals surface area contributed by atoms with Crippen molar-refractivity contribution in [3.63, 3.8) is 0 Å². The molecule has 0 saturated carbocycles. The van der Waals surface area contributed by atoms with E-state index in [9.17, 15) is 4.79 Å². The largest absolute Gasteiger partial charge is 0.327 e. The summed E-state index contributed by atoms with van der Waals surface area (Å²) in [6.07, 6.45) is 0.813. The molecule has 1 amide bonds. The third-order valence-electron chi connectivity index (χ3n) is 4.90. The molecule has 0 aromatic heterocycles. The van der Waals surface area contributed by atoms with Crippen molar-refractivity contribution in [3.05, 3.63) is 104 Å². The van der Waals surface area contributed by atoms with Crippen LogP contribution in [0.4, 0.5) is 0 Å². The van der Waals surface area contributed by atoms with Gasteiger partial charge in [0.1, 0.15) is 0 Å². The van der Waals surface area contributed by atoms with Crippen molar-refractivity contribution < 1.29 is 4.79 Å². The molecule has 0 fully saturated rings. The second-order valence-electron chi connectivity index (χ2n) is 6.53. The number of amides is 1. The number of hydrogen-bond donors (Lipinski definition) is 0. The minimum atomic E-state index is -0.172. The number of nitrogens with zero attached hydrogens (tertiary/aromatic N) is 1. The highest BCUT2D eigenvalue weighted by atomic mass is 35.5. The van der Waals surface area contributed by atoms with Crippen LogP contribution in [0.1, 0.15) is 33.1 Å². The SMILES string of the molecule is O=C(c1ccc(Cl)c(Cl)c1)N1CCc2ccccc2[C@H]1c1ccc(Cl)cc1. The van der Waals surface area contributed by atoms with Gasteiger partial charge in [-0.2, -0.15) is 0 Å². The van der Waals surface area contributed by atoms with Crippen LogP contribution in [-0.4, -0.2) is 17.4 Å². The predicted molar refractivity (Wildman–Crippen MR) is 111 cm³/mol. The maximum absolute atomic E-state index is 13.3. The number of carbonyl (C=O) groups is 1. The van der Waals surface area contributed by atoms with Gasteiger partial charge in [-0.3, -0.25) is 4.79 Å². The van der Waals surface area contributed by atoms with Gasteiger partial charge in [-0.1, -0.05) is 71.2 Å². The van der Waals surface area contributed by atoms with Gasteiger partial charge >= 0.3 is 0 Å². The summed E-state index contributed by atoms with van der Waals surface area (Å²) < 4.78 is 0. The number of hydrogen-bond acceptors (Lipinski definition) is 1. The van der Waals surface area contributed by atoms with E-state index in [0.717, 1.165) is 17.5 Å². The van der Waals surface area contributed by atoms with Gasteiger partial charge in [0.25, 0.3) is 5.91 Å². The molecule has 0 N–H and O–H groups in total. The highest BCUT2D eigenvalue weighted by Gasteiger charge is 2.32. The van der Waals surface area contributed by atoms with Crippen LogP contribution >= 0.6 is 34.8 Å². The topological polar surface area (TPSA) is 20.3 Å². The maximum atomic E-state index is 13.3. The number of benzene rings is 3. The number of fused-ring (bicyclic) bond motifs is 1. The molecule has 3 aromatic carbocycles. The normalized spacial score (nSPS) is 16.1. The summed E-state index contributed by atoms with van der Waals surface area (Å²) in [5.74, 6) is -0.0666. The quantitative estimate of drug-likeness (QED) is 0.471. The highest BCUT2D eigenvalue weighted by molar-refractivity contribution is 6.42. The second-order valence-corrected chi connectivity index (χ2v) is 7.78. The Bertz CT molecular complexity index is 1000. The molecular formula is C22H16Cl3NO. The summed E-state index contributed by atoms with van der Waals surface area (Å²) in [4.78, 5) is 15.2. The Balaban J connectivity index is 1.79. The highest BCUT2D eigenvalue weighted by Crippen LogP contribution is 2.37. The molecule has 0 saturated heterocycles. The lowest BCUT2D eigenvalue weighted by Crippen LogP contribution is -2.40. The molecule has 5 heteroatoms. The van der Waals surface area contributed by atoms with Crippen molar-refractivity contribution in [3.8, 4) is 0 Å². The van der Waals surface area contributed by atoms with Gasteiger partial charge in [0.2, 0.25) is 0 Å². The first-order chi connectivity index (χ1) is 13.0. The third kappa shape index (κ3) is 3.58. The van der Waals surface area contributed by atoms with Gasteiger partial charge in [0, 0.05) is 17.1 Å². The summed E-state index contributed by atoms with van der Waals surface area (Å²) in [7, 11) is 0. The van der Waals surface area contributed by atoms with Crippen LogP contribution in [0.15, 0.2) is 66.7 Å². The van der Waals surface area contributed by atoms with Crippen LogP contribution in [0, 0.1) is 0 Å². The molecule has 4 rings (SSSR count). The van der Waals surface area contributed by atoms with E-state index < -0.39 is 0 Å². The first kappa shape index (κ1) is 18.4. The molecule has 27 heavy (non-hydrogen) atoms. The van der Waals surface area contributed by atoms with Gasteiger partial charge in [-0.05, 0) is 53.4 Å². The number of halogens is 3. The first-order valence-electron chi connectivity index (χ1n) is 8.64. The molecule has 1 heterocycles. The summed E-state index contributed by atoms with van der Waals surface area (Å²) >= 11 is 18.2. The molecule has 0 spiro atoms. The molecule has 1 aliphatic rings. The molecule has 0 aliphatic carbocycles. The molecule has 2 nitrogen and oxygen atoms in total. The summed E-state index contributed by atoms with van der Waals surface area (Å²) in [6.45, 7) is 0.628. The van der Waals surface area contributed by atoms with E-state index in [4.69, 9.17) is 34.8 Å². The van der Waals surface area contributed by atoms with Gasteiger partial charge in [0.15, 0.2) is 0 Å². The third-order valence-corrected chi connectivity index (χ3v) is 5.89. The van der Waals surface area contributed by atoms with Crippen LogP contribution in [0.25, 0.3) is 0 Å². The van der Waals surface area contributed by atoms with Crippen LogP contribution < -0.4 is 0 Å². The first-order valence-corrected chi connectivity index (χ1v) is 9.77. The second kappa shape index (κ2) is 7.55. The average molecular weight is 417 g/mol. The van der Waals surface area contributed by atoms with Gasteiger partial charge in [-0.15, -0.1) is 0 Å². The van der Waals surface area contributed by atoms with Crippen LogP contribution in [0.3, 0.4) is 0 Å². The van der Waals surface area contributed by atoms with Crippen LogP contribution in [0.5, 0.6) is 0 Å². The number of rotatable bonds is 2. The summed E-state index contributed by atoms with van der Waals surface area (Å²) in [5, 5.41) is 1.49. The molecule has 136 valence electrons. The van der Waals surface area contributed by atoms with Crippen molar-refractivity contribution in [2.75, 3.05) is 6.54 Å². The standard InChI is InChI=1S/C22H16Cl3NO/c23-17-8-5-15(6-9-17)21-18-4-2-1-3-14(18)11-12-26(21)22(27)16-7-10-19(24)20(25)13-16/h1-10,13,21H,11-12H2/t21-/m1/s1. The smallest absolute Gasteiger partial charge is 0.254 e. The fourth-order valence-corrected chi connectivity index (χ4v) is 4.01. The molecule has 0 radical (unpaired) electrons. The molecule has 0 unspecified atom stereocenters. The van der Waals surface area contributed by atoms with Gasteiger partial charge in [-0.25, -0.2) is 0 Å². The van der Waals surface area contributed by atoms with Gasteiger partial charge in [0.05, 0.1) is 16.1 Å². The Kier molecular flexibility index (Phi) is 5.14. The zero-order valence-corrected chi connectivity index (χ0v) is 16.6. The zero-order valence-electron chi connectivity index (χ0n) is 14.3. The van der Waals surface area contributed by atoms with E-state index in [1.54, 1.807) is 18.2 Å². The van der Waals surface area contributed by atoms with Crippen molar-refractivity contribution in [1.82, 2.24) is 4.90 Å². The van der Waals surface area contributed by atoms with Crippen molar-refractivity contribution >= 4 is 40.7 Å². The van der Waals surface area contributed by atoms with Gasteiger partial charge < -0.3 is 4.90 Å². The monoisotopic (exact) mass is 415 g/mol. The molecule has 1 atom stereocenters. The Morgan fingerprint density at radius 1 is 0.889 bits per heavy atom. The minimum absolute atomic E-state index is 0.0666. The van der Waals surface area contributed by atoms with Crippen molar-refractivity contribution in [2.45, 2.75) is 12.5 Å². The zero-order chi connectivity index (χ0) is 19.0. The lowest BCUT2D eigenvalue weighted by atomic mass is 9.87. The van der Waals surface area contributed by atoms with E-state index >= 15 is 0 Å². The average Bonchev–Trinajstić information content (AvgIpc) is 2.69. The van der Waals surface area contributed by atoms with Crippen molar-refractivity contribution in [2.24, 2.45) is 0 Å². The van der Waals surface area contributed by atoms with E-state index in [0.29, 0.717) is 27.2 Å². The van der Waals surface area contributed by atoms with E-state index in [1.165, 1.54) is 5.56 Å². The Labute approximate surface area is 173 Å². The summed E-state index contributed by atoms with van der Waals surface area (Å²) in [6, 6.07) is 20.8. The predicted octanol–water partition coefficient (Wildman–Crippen LogP) is 6.43.